The Balaban J connectivity index is 0.000000241. The number of alkyl halides is 1. The van der Waals surface area contributed by atoms with Gasteiger partial charge in [-0.25, -0.2) is 13.8 Å². The normalized spacial score (nSPS) is 10.9. The van der Waals surface area contributed by atoms with Crippen molar-refractivity contribution < 1.29 is 18.4 Å². The number of ketones is 2. The second kappa shape index (κ2) is 18.8. The molecule has 0 aliphatic rings. The number of benzene rings is 2. The fourth-order valence-electron chi connectivity index (χ4n) is 4.19. The molecule has 49 heavy (non-hydrogen) atoms. The first-order valence-electron chi connectivity index (χ1n) is 13.4. The first kappa shape index (κ1) is 40.4. The number of hydrogen-bond acceptors (Lipinski definition) is 8. The Hall–Kier alpha value is -3.01. The van der Waals surface area contributed by atoms with Gasteiger partial charge in [-0.2, -0.15) is 0 Å². The van der Waals surface area contributed by atoms with E-state index in [1.54, 1.807) is 42.7 Å². The van der Waals surface area contributed by atoms with E-state index in [9.17, 15) is 18.4 Å². The van der Waals surface area contributed by atoms with Crippen LogP contribution in [-0.4, -0.2) is 39.1 Å². The minimum absolute atomic E-state index is 0. The summed E-state index contributed by atoms with van der Waals surface area (Å²) in [6.45, 7) is 0. The first-order valence-corrected chi connectivity index (χ1v) is 17.0. The van der Waals surface area contributed by atoms with E-state index in [4.69, 9.17) is 23.2 Å². The van der Waals surface area contributed by atoms with Crippen LogP contribution in [0.5, 0.6) is 0 Å². The Morgan fingerprint density at radius 2 is 1.27 bits per heavy atom. The van der Waals surface area contributed by atoms with Crippen LogP contribution in [0, 0.1) is 11.6 Å². The van der Waals surface area contributed by atoms with Crippen LogP contribution >= 0.6 is 83.8 Å². The summed E-state index contributed by atoms with van der Waals surface area (Å²) in [6, 6.07) is 18.4. The molecule has 249 valence electrons. The molecular weight excluding hydrogens is 890 g/mol. The zero-order valence-electron chi connectivity index (χ0n) is 24.1. The summed E-state index contributed by atoms with van der Waals surface area (Å²) >= 11 is 24.8. The average molecular weight is 912 g/mol. The van der Waals surface area contributed by atoms with Gasteiger partial charge in [-0.05, 0) is 105 Å². The molecule has 0 bridgehead atoms. The molecule has 1 unspecified atom stereocenters. The molecule has 4 aromatic heterocycles. The van der Waals surface area contributed by atoms with E-state index < -0.39 is 22.2 Å². The summed E-state index contributed by atoms with van der Waals surface area (Å²) < 4.78 is 31.9. The number of carbonyl (C=O) groups is 2. The van der Waals surface area contributed by atoms with Crippen molar-refractivity contribution in [3.8, 4) is 0 Å². The molecule has 6 rings (SSSR count). The molecule has 0 fully saturated rings. The predicted octanol–water partition coefficient (Wildman–Crippen LogP) is 10.9. The van der Waals surface area contributed by atoms with Gasteiger partial charge in [-0.15, -0.1) is 0 Å². The van der Waals surface area contributed by atoms with Crippen LogP contribution < -0.4 is 0 Å². The third-order valence-corrected chi connectivity index (χ3v) is 8.56. The third-order valence-electron chi connectivity index (χ3n) is 6.34. The number of aromatic nitrogens is 4. The predicted molar refractivity (Wildman–Crippen MR) is 205 cm³/mol. The molecule has 1 radical (unpaired) electrons. The average Bonchev–Trinajstić information content (AvgIpc) is 3.06. The van der Waals surface area contributed by atoms with E-state index in [-0.39, 0.29) is 30.8 Å². The van der Waals surface area contributed by atoms with Crippen molar-refractivity contribution in [2.45, 2.75) is 18.7 Å². The van der Waals surface area contributed by atoms with Gasteiger partial charge in [0.1, 0.15) is 16.5 Å². The summed E-state index contributed by atoms with van der Waals surface area (Å²) in [5.41, 5.74) is 3.67. The van der Waals surface area contributed by atoms with Gasteiger partial charge in [0.25, 0.3) is 0 Å². The summed E-state index contributed by atoms with van der Waals surface area (Å²) in [5.74, 6) is -2.01. The zero-order valence-corrected chi connectivity index (χ0v) is 31.3. The van der Waals surface area contributed by atoms with Crippen molar-refractivity contribution in [3.63, 3.8) is 0 Å². The number of halogens is 7. The molecule has 6 aromatic rings. The zero-order chi connectivity index (χ0) is 35.0. The third kappa shape index (κ3) is 11.0. The molecule has 0 saturated heterocycles. The van der Waals surface area contributed by atoms with Crippen LogP contribution in [0.15, 0.2) is 98.4 Å². The molecule has 0 N–H and O–H groups in total. The van der Waals surface area contributed by atoms with Crippen LogP contribution in [0.3, 0.4) is 0 Å². The second-order valence-corrected chi connectivity index (χ2v) is 13.5. The van der Waals surface area contributed by atoms with Crippen molar-refractivity contribution in [2.75, 3.05) is 0 Å². The number of rotatable bonds is 6. The van der Waals surface area contributed by atoms with E-state index in [0.717, 1.165) is 14.5 Å². The summed E-state index contributed by atoms with van der Waals surface area (Å²) in [6.07, 6.45) is 3.34. The Morgan fingerprint density at radius 3 is 1.84 bits per heavy atom. The fraction of sp³-hybridized carbons (Fsp3) is 0.0909. The summed E-state index contributed by atoms with van der Waals surface area (Å²) in [4.78, 5) is 41.2. The Bertz CT molecular complexity index is 2170. The number of Topliss-reactive ketones (excluding diaryl/α,β-unsaturated/α-hetero) is 2. The van der Waals surface area contributed by atoms with Crippen LogP contribution in [0.1, 0.15) is 44.4 Å². The molecule has 16 heteroatoms. The molecule has 0 aliphatic carbocycles. The quantitative estimate of drug-likeness (QED) is 0.0774. The Kier molecular flexibility index (Phi) is 15.5. The van der Waals surface area contributed by atoms with Crippen LogP contribution in [-0.2, 0) is 6.42 Å². The van der Waals surface area contributed by atoms with Gasteiger partial charge in [-0.3, -0.25) is 24.5 Å². The molecule has 0 spiro atoms. The van der Waals surface area contributed by atoms with E-state index in [1.165, 1.54) is 36.4 Å². The maximum absolute atomic E-state index is 13.9. The molecule has 7 nitrogen and oxygen atoms in total. The van der Waals surface area contributed by atoms with E-state index >= 15 is 0 Å². The topological polar surface area (TPSA) is 98.1 Å². The molecule has 0 saturated carbocycles. The molecule has 0 aliphatic heterocycles. The van der Waals surface area contributed by atoms with E-state index in [2.05, 4.69) is 92.5 Å². The van der Waals surface area contributed by atoms with E-state index in [1.807, 2.05) is 6.07 Å². The second-order valence-electron chi connectivity index (χ2n) is 9.61. The first-order chi connectivity index (χ1) is 22.9. The number of nitrogens with zero attached hydrogens (tertiary/aromatic N) is 5. The van der Waals surface area contributed by atoms with Crippen molar-refractivity contribution in [3.05, 3.63) is 138 Å². The maximum atomic E-state index is 13.9. The molecule has 0 amide bonds. The molecule has 1 atom stereocenters. The van der Waals surface area contributed by atoms with Crippen LogP contribution in [0.2, 0.25) is 10.0 Å². The van der Waals surface area contributed by atoms with Crippen molar-refractivity contribution in [1.82, 2.24) is 19.9 Å². The Morgan fingerprint density at radius 1 is 0.776 bits per heavy atom. The number of carbonyl (C=O) groups excluding carboxylic acids is 2. The molecule has 2 aromatic carbocycles. The number of pyridine rings is 4. The summed E-state index contributed by atoms with van der Waals surface area (Å²) in [5, 5.41) is 0.624. The van der Waals surface area contributed by atoms with Gasteiger partial charge < -0.3 is 0 Å². The number of thiol groups is 1. The standard InChI is InChI=1S/C16H8Br2ClFN2O.C16H9BrClFN2O.CH4.BHNS/c17-8-5-14-12(21-7-8)3-4-13(22-14)15(18)16(23)10-6-9(19)1-2-11(10)20;17-9-5-15-14(20-8-9)4-2-11(21-15)7-16(22)12-6-10(18)1-3-13(12)19;;1-2-3/h1-7,15H;1-6,8H,7H2;1H4;3H. The summed E-state index contributed by atoms with van der Waals surface area (Å²) in [7, 11) is 4.34. The Labute approximate surface area is 322 Å². The van der Waals surface area contributed by atoms with Crippen molar-refractivity contribution >= 4 is 125 Å². The van der Waals surface area contributed by atoms with Gasteiger partial charge in [-0.1, -0.05) is 46.6 Å². The van der Waals surface area contributed by atoms with Gasteiger partial charge in [0.2, 0.25) is 0 Å². The minimum atomic E-state index is -0.779. The van der Waals surface area contributed by atoms with Gasteiger partial charge in [0.05, 0.1) is 45.3 Å². The van der Waals surface area contributed by atoms with Crippen LogP contribution in [0.25, 0.3) is 22.1 Å². The number of fused-ring (bicyclic) bond motifs is 2. The molecular formula is C33H22BBr3Cl2F2N5O2S. The van der Waals surface area contributed by atoms with Gasteiger partial charge in [0, 0.05) is 37.1 Å². The monoisotopic (exact) mass is 908 g/mol. The number of hydrogen-bond donors (Lipinski definition) is 1. The SMILES string of the molecule is C.O=C(Cc1ccc2ncc(Br)cc2n1)c1cc(Cl)ccc1F.O=C(c1cc(Cl)ccc1F)C(Br)c1ccc2ncc(Br)cc2n1.[B]=NS. The van der Waals surface area contributed by atoms with Crippen LogP contribution in [0.4, 0.5) is 8.78 Å². The van der Waals surface area contributed by atoms with Gasteiger partial charge >= 0.3 is 24.8 Å². The fourth-order valence-corrected chi connectivity index (χ4v) is 5.67. The molecule has 4 heterocycles. The van der Waals surface area contributed by atoms with Crippen molar-refractivity contribution in [2.24, 2.45) is 4.30 Å². The van der Waals surface area contributed by atoms with E-state index in [0.29, 0.717) is 38.0 Å². The van der Waals surface area contributed by atoms with Crippen molar-refractivity contribution in [1.29, 1.82) is 0 Å². The van der Waals surface area contributed by atoms with Gasteiger partial charge in [0.15, 0.2) is 11.6 Å².